The van der Waals surface area contributed by atoms with Gasteiger partial charge in [0, 0.05) is 37.7 Å². The van der Waals surface area contributed by atoms with Crippen molar-refractivity contribution in [3.05, 3.63) is 17.5 Å². The van der Waals surface area contributed by atoms with Crippen molar-refractivity contribution in [2.45, 2.75) is 13.5 Å². The largest absolute Gasteiger partial charge is 0.312 e. The van der Waals surface area contributed by atoms with E-state index in [0.29, 0.717) is 0 Å². The van der Waals surface area contributed by atoms with Crippen molar-refractivity contribution in [1.29, 1.82) is 0 Å². The highest BCUT2D eigenvalue weighted by Crippen LogP contribution is 2.03. The van der Waals surface area contributed by atoms with Crippen LogP contribution in [0.25, 0.3) is 0 Å². The molecule has 1 aromatic heterocycles. The summed E-state index contributed by atoms with van der Waals surface area (Å²) >= 11 is 1.86. The molecule has 0 aromatic carbocycles. The predicted octanol–water partition coefficient (Wildman–Crippen LogP) is 1.18. The Bertz CT molecular complexity index is 257. The van der Waals surface area contributed by atoms with Crippen LogP contribution >= 0.6 is 11.8 Å². The summed E-state index contributed by atoms with van der Waals surface area (Å²) in [5.74, 6) is 1.17. The van der Waals surface area contributed by atoms with Crippen LogP contribution in [0.4, 0.5) is 0 Å². The summed E-state index contributed by atoms with van der Waals surface area (Å²) in [5.41, 5.74) is 2.42. The van der Waals surface area contributed by atoms with Gasteiger partial charge in [0.05, 0.1) is 5.69 Å². The van der Waals surface area contributed by atoms with Gasteiger partial charge < -0.3 is 5.32 Å². The van der Waals surface area contributed by atoms with E-state index in [2.05, 4.69) is 22.9 Å². The van der Waals surface area contributed by atoms with Crippen molar-refractivity contribution in [1.82, 2.24) is 15.1 Å². The smallest absolute Gasteiger partial charge is 0.0638 e. The van der Waals surface area contributed by atoms with Crippen LogP contribution in [-0.2, 0) is 13.6 Å². The molecule has 0 amide bonds. The number of nitrogens with one attached hydrogen (secondary N) is 1. The van der Waals surface area contributed by atoms with Crippen LogP contribution in [0.1, 0.15) is 11.3 Å². The average Bonchev–Trinajstić information content (AvgIpc) is 2.39. The maximum atomic E-state index is 4.28. The Morgan fingerprint density at radius 1 is 1.62 bits per heavy atom. The van der Waals surface area contributed by atoms with Gasteiger partial charge in [0.2, 0.25) is 0 Å². The van der Waals surface area contributed by atoms with Crippen LogP contribution in [0, 0.1) is 6.92 Å². The van der Waals surface area contributed by atoms with Gasteiger partial charge in [-0.2, -0.15) is 16.9 Å². The Morgan fingerprint density at radius 2 is 2.38 bits per heavy atom. The minimum Gasteiger partial charge on any atom is -0.312 e. The summed E-state index contributed by atoms with van der Waals surface area (Å²) in [7, 11) is 1.96. The topological polar surface area (TPSA) is 29.9 Å². The number of aromatic nitrogens is 2. The molecule has 1 N–H and O–H groups in total. The van der Waals surface area contributed by atoms with E-state index in [1.54, 1.807) is 0 Å². The van der Waals surface area contributed by atoms with Gasteiger partial charge in [0.1, 0.15) is 0 Å². The lowest BCUT2D eigenvalue weighted by atomic mass is 10.3. The Morgan fingerprint density at radius 3 is 2.92 bits per heavy atom. The second kappa shape index (κ2) is 5.29. The van der Waals surface area contributed by atoms with Gasteiger partial charge in [-0.3, -0.25) is 4.68 Å². The van der Waals surface area contributed by atoms with Crippen molar-refractivity contribution >= 4 is 11.8 Å². The molecule has 0 aliphatic carbocycles. The quantitative estimate of drug-likeness (QED) is 0.722. The van der Waals surface area contributed by atoms with E-state index in [4.69, 9.17) is 0 Å². The second-order valence-corrected chi connectivity index (χ2v) is 4.07. The van der Waals surface area contributed by atoms with E-state index in [9.17, 15) is 0 Å². The Hall–Kier alpha value is -0.480. The normalized spacial score (nSPS) is 10.7. The van der Waals surface area contributed by atoms with Crippen LogP contribution in [0.5, 0.6) is 0 Å². The Labute approximate surface area is 83.9 Å². The monoisotopic (exact) mass is 199 g/mol. The first-order valence-electron chi connectivity index (χ1n) is 4.43. The van der Waals surface area contributed by atoms with E-state index < -0.39 is 0 Å². The third-order valence-electron chi connectivity index (χ3n) is 1.91. The first kappa shape index (κ1) is 10.6. The molecule has 4 heteroatoms. The van der Waals surface area contributed by atoms with Crippen molar-refractivity contribution in [2.75, 3.05) is 18.6 Å². The number of thioether (sulfide) groups is 1. The molecule has 0 aliphatic heterocycles. The molecule has 3 nitrogen and oxygen atoms in total. The molecule has 0 saturated heterocycles. The molecular formula is C9H17N3S. The maximum Gasteiger partial charge on any atom is 0.0638 e. The van der Waals surface area contributed by atoms with Gasteiger partial charge >= 0.3 is 0 Å². The zero-order chi connectivity index (χ0) is 9.68. The molecule has 0 saturated carbocycles. The van der Waals surface area contributed by atoms with E-state index in [-0.39, 0.29) is 0 Å². The summed E-state index contributed by atoms with van der Waals surface area (Å²) in [6.07, 6.45) is 4.19. The molecular weight excluding hydrogens is 182 g/mol. The van der Waals surface area contributed by atoms with E-state index in [0.717, 1.165) is 18.8 Å². The minimum absolute atomic E-state index is 0.931. The first-order chi connectivity index (χ1) is 6.24. The van der Waals surface area contributed by atoms with Crippen molar-refractivity contribution in [3.8, 4) is 0 Å². The standard InChI is InChI=1S/C9H17N3S/c1-8-9(7-12(2)11-8)6-10-4-5-13-3/h7,10H,4-6H2,1-3H3. The van der Waals surface area contributed by atoms with Crippen LogP contribution < -0.4 is 5.32 Å². The number of rotatable bonds is 5. The van der Waals surface area contributed by atoms with Crippen LogP contribution in [0.15, 0.2) is 6.20 Å². The summed E-state index contributed by atoms with van der Waals surface area (Å²) in [4.78, 5) is 0. The molecule has 0 radical (unpaired) electrons. The lowest BCUT2D eigenvalue weighted by molar-refractivity contribution is 0.727. The third-order valence-corrected chi connectivity index (χ3v) is 2.53. The second-order valence-electron chi connectivity index (χ2n) is 3.08. The summed E-state index contributed by atoms with van der Waals surface area (Å²) in [6.45, 7) is 4.04. The zero-order valence-electron chi connectivity index (χ0n) is 8.50. The Balaban J connectivity index is 2.32. The number of hydrogen-bond donors (Lipinski definition) is 1. The minimum atomic E-state index is 0.931. The molecule has 0 atom stereocenters. The predicted molar refractivity (Wildman–Crippen MR) is 58.0 cm³/mol. The van der Waals surface area contributed by atoms with E-state index in [1.807, 2.05) is 30.4 Å². The SMILES string of the molecule is CSCCNCc1cn(C)nc1C. The number of nitrogens with zero attached hydrogens (tertiary/aromatic N) is 2. The highest BCUT2D eigenvalue weighted by molar-refractivity contribution is 7.98. The fourth-order valence-corrected chi connectivity index (χ4v) is 1.57. The number of aryl methyl sites for hydroxylation is 2. The maximum absolute atomic E-state index is 4.28. The molecule has 74 valence electrons. The summed E-state index contributed by atoms with van der Waals surface area (Å²) in [6, 6.07) is 0. The number of hydrogen-bond acceptors (Lipinski definition) is 3. The van der Waals surface area contributed by atoms with Crippen LogP contribution in [-0.4, -0.2) is 28.3 Å². The molecule has 13 heavy (non-hydrogen) atoms. The molecule has 1 rings (SSSR count). The molecule has 0 fully saturated rings. The summed E-state index contributed by atoms with van der Waals surface area (Å²) < 4.78 is 1.86. The first-order valence-corrected chi connectivity index (χ1v) is 5.82. The van der Waals surface area contributed by atoms with Crippen molar-refractivity contribution in [2.24, 2.45) is 7.05 Å². The fraction of sp³-hybridized carbons (Fsp3) is 0.667. The molecule has 0 unspecified atom stereocenters. The molecule has 0 spiro atoms. The zero-order valence-corrected chi connectivity index (χ0v) is 9.32. The van der Waals surface area contributed by atoms with Gasteiger partial charge in [-0.25, -0.2) is 0 Å². The van der Waals surface area contributed by atoms with Gasteiger partial charge in [-0.1, -0.05) is 0 Å². The molecule has 0 bridgehead atoms. The highest BCUT2D eigenvalue weighted by atomic mass is 32.2. The third kappa shape index (κ3) is 3.40. The Kier molecular flexibility index (Phi) is 4.32. The van der Waals surface area contributed by atoms with Crippen molar-refractivity contribution < 1.29 is 0 Å². The van der Waals surface area contributed by atoms with Crippen LogP contribution in [0.2, 0.25) is 0 Å². The van der Waals surface area contributed by atoms with E-state index >= 15 is 0 Å². The molecule has 1 aromatic rings. The van der Waals surface area contributed by atoms with Gasteiger partial charge in [-0.15, -0.1) is 0 Å². The average molecular weight is 199 g/mol. The van der Waals surface area contributed by atoms with Gasteiger partial charge in [-0.05, 0) is 13.2 Å². The van der Waals surface area contributed by atoms with Crippen molar-refractivity contribution in [3.63, 3.8) is 0 Å². The lowest BCUT2D eigenvalue weighted by Crippen LogP contribution is -2.16. The van der Waals surface area contributed by atoms with Crippen LogP contribution in [0.3, 0.4) is 0 Å². The summed E-state index contributed by atoms with van der Waals surface area (Å²) in [5, 5.41) is 7.66. The molecule has 0 aliphatic rings. The highest BCUT2D eigenvalue weighted by Gasteiger charge is 2.00. The van der Waals surface area contributed by atoms with Gasteiger partial charge in [0.25, 0.3) is 0 Å². The van der Waals surface area contributed by atoms with E-state index in [1.165, 1.54) is 11.3 Å². The van der Waals surface area contributed by atoms with Gasteiger partial charge in [0.15, 0.2) is 0 Å². The molecule has 1 heterocycles. The fourth-order valence-electron chi connectivity index (χ4n) is 1.22. The lowest BCUT2D eigenvalue weighted by Gasteiger charge is -2.01.